The van der Waals surface area contributed by atoms with Crippen LogP contribution in [0.25, 0.3) is 0 Å². The highest BCUT2D eigenvalue weighted by Crippen LogP contribution is 2.22. The van der Waals surface area contributed by atoms with E-state index in [0.717, 1.165) is 0 Å². The largest absolute Gasteiger partial charge is 0.413 e. The van der Waals surface area contributed by atoms with Crippen LogP contribution >= 0.6 is 0 Å². The lowest BCUT2D eigenvalue weighted by Crippen LogP contribution is -2.37. The van der Waals surface area contributed by atoms with Crippen molar-refractivity contribution < 1.29 is 22.2 Å². The highest BCUT2D eigenvalue weighted by atomic mass is 19.4. The van der Waals surface area contributed by atoms with Gasteiger partial charge in [-0.2, -0.15) is 14.0 Å². The Labute approximate surface area is 57.2 Å². The van der Waals surface area contributed by atoms with Crippen LogP contribution < -0.4 is 0 Å². The molecule has 0 amide bonds. The Morgan fingerprint density at radius 2 is 1.91 bits per heavy atom. The second-order valence-electron chi connectivity index (χ2n) is 1.32. The number of alkyl halides is 2. The van der Waals surface area contributed by atoms with Crippen LogP contribution in [0.4, 0.5) is 22.2 Å². The SMILES string of the molecule is N#CC(=NF)C(F)(F)N(F)F. The van der Waals surface area contributed by atoms with Crippen LogP contribution in [0.2, 0.25) is 0 Å². The molecule has 3 nitrogen and oxygen atoms in total. The van der Waals surface area contributed by atoms with Gasteiger partial charge in [-0.25, -0.2) is 0 Å². The maximum atomic E-state index is 11.8. The van der Waals surface area contributed by atoms with Gasteiger partial charge >= 0.3 is 6.05 Å². The molecule has 0 aliphatic heterocycles. The van der Waals surface area contributed by atoms with Crippen molar-refractivity contribution in [3.05, 3.63) is 0 Å². The fourth-order valence-corrected chi connectivity index (χ4v) is 0.217. The van der Waals surface area contributed by atoms with Crippen molar-refractivity contribution in [2.24, 2.45) is 5.21 Å². The molecule has 0 aromatic heterocycles. The quantitative estimate of drug-likeness (QED) is 0.274. The zero-order chi connectivity index (χ0) is 9.07. The van der Waals surface area contributed by atoms with E-state index in [4.69, 9.17) is 5.26 Å². The number of nitrogens with zero attached hydrogens (tertiary/aromatic N) is 3. The summed E-state index contributed by atoms with van der Waals surface area (Å²) in [6, 6.07) is -4.49. The second-order valence-corrected chi connectivity index (χ2v) is 1.32. The first-order valence-corrected chi connectivity index (χ1v) is 2.06. The Morgan fingerprint density at radius 3 is 2.00 bits per heavy atom. The molecule has 0 heterocycles. The first-order chi connectivity index (χ1) is 4.96. The summed E-state index contributed by atoms with van der Waals surface area (Å²) in [6.07, 6.45) is 0. The van der Waals surface area contributed by atoms with Gasteiger partial charge in [0.15, 0.2) is 0 Å². The molecule has 0 fully saturated rings. The number of halogens is 5. The molecule has 62 valence electrons. The zero-order valence-electron chi connectivity index (χ0n) is 4.73. The predicted molar refractivity (Wildman–Crippen MR) is 23.2 cm³/mol. The zero-order valence-corrected chi connectivity index (χ0v) is 4.73. The average Bonchev–Trinajstić information content (AvgIpc) is 1.89. The highest BCUT2D eigenvalue weighted by molar-refractivity contribution is 6.02. The Kier molecular flexibility index (Phi) is 2.88. The molecule has 0 saturated carbocycles. The molecule has 0 spiro atoms. The van der Waals surface area contributed by atoms with Crippen LogP contribution in [-0.2, 0) is 0 Å². The molecule has 0 aromatic rings. The Bertz CT molecular complexity index is 204. The molecule has 0 aliphatic carbocycles. The highest BCUT2D eigenvalue weighted by Gasteiger charge is 2.46. The number of hydrogen-bond acceptors (Lipinski definition) is 3. The molecule has 0 aromatic carbocycles. The molecule has 0 radical (unpaired) electrons. The van der Waals surface area contributed by atoms with E-state index in [0.29, 0.717) is 6.07 Å². The van der Waals surface area contributed by atoms with Crippen molar-refractivity contribution in [1.29, 1.82) is 5.26 Å². The molecule has 11 heavy (non-hydrogen) atoms. The van der Waals surface area contributed by atoms with Gasteiger partial charge in [-0.05, 0) is 0 Å². The van der Waals surface area contributed by atoms with E-state index >= 15 is 0 Å². The van der Waals surface area contributed by atoms with Crippen LogP contribution in [0.5, 0.6) is 0 Å². The van der Waals surface area contributed by atoms with Crippen molar-refractivity contribution in [2.45, 2.75) is 6.05 Å². The normalized spacial score (nSPS) is 13.4. The molecular weight excluding hydrogens is 173 g/mol. The number of hydrogen-bond donors (Lipinski definition) is 0. The lowest BCUT2D eigenvalue weighted by Gasteiger charge is -2.10. The fraction of sp³-hybridized carbons (Fsp3) is 0.333. The maximum Gasteiger partial charge on any atom is 0.413 e. The van der Waals surface area contributed by atoms with E-state index < -0.39 is 17.1 Å². The summed E-state index contributed by atoms with van der Waals surface area (Å²) in [5.41, 5.74) is -2.19. The molecule has 0 atom stereocenters. The number of rotatable bonds is 2. The van der Waals surface area contributed by atoms with Gasteiger partial charge < -0.3 is 0 Å². The molecule has 0 bridgehead atoms. The van der Waals surface area contributed by atoms with Crippen LogP contribution in [0.3, 0.4) is 0 Å². The van der Waals surface area contributed by atoms with Crippen LogP contribution in [-0.4, -0.2) is 17.1 Å². The first kappa shape index (κ1) is 9.77. The van der Waals surface area contributed by atoms with Crippen molar-refractivity contribution in [3.8, 4) is 6.07 Å². The van der Waals surface area contributed by atoms with Gasteiger partial charge in [-0.1, -0.05) is 18.7 Å². The van der Waals surface area contributed by atoms with Gasteiger partial charge in [0.05, 0.1) is 5.34 Å². The van der Waals surface area contributed by atoms with E-state index in [1.54, 1.807) is 0 Å². The van der Waals surface area contributed by atoms with E-state index in [1.165, 1.54) is 5.21 Å². The van der Waals surface area contributed by atoms with E-state index in [9.17, 15) is 22.2 Å². The Hall–Kier alpha value is -1.23. The first-order valence-electron chi connectivity index (χ1n) is 2.06. The smallest absolute Gasteiger partial charge is 0.191 e. The molecule has 0 unspecified atom stereocenters. The van der Waals surface area contributed by atoms with Crippen molar-refractivity contribution in [2.75, 3.05) is 0 Å². The average molecular weight is 173 g/mol. The lowest BCUT2D eigenvalue weighted by molar-refractivity contribution is -0.297. The number of nitriles is 1. The fourth-order valence-electron chi connectivity index (χ4n) is 0.217. The van der Waals surface area contributed by atoms with Gasteiger partial charge in [-0.3, -0.25) is 0 Å². The van der Waals surface area contributed by atoms with Gasteiger partial charge in [0.25, 0.3) is 0 Å². The van der Waals surface area contributed by atoms with Crippen LogP contribution in [0.15, 0.2) is 5.21 Å². The summed E-state index contributed by atoms with van der Waals surface area (Å²) in [6.45, 7) is 0. The summed E-state index contributed by atoms with van der Waals surface area (Å²) in [5.74, 6) is 0. The minimum absolute atomic E-state index is 0.477. The summed E-state index contributed by atoms with van der Waals surface area (Å²) in [4.78, 5) is 0. The minimum atomic E-state index is -4.97. The van der Waals surface area contributed by atoms with Crippen molar-refractivity contribution >= 4 is 5.71 Å². The molecule has 0 rings (SSSR count). The third-order valence-electron chi connectivity index (χ3n) is 0.688. The standard InChI is InChI=1S/C3F5N3/c4-3(5,11(7)8)2(1-9)10-6. The van der Waals surface area contributed by atoms with Crippen LogP contribution in [0, 0.1) is 11.3 Å². The van der Waals surface area contributed by atoms with Crippen LogP contribution in [0.1, 0.15) is 0 Å². The van der Waals surface area contributed by atoms with Crippen molar-refractivity contribution in [1.82, 2.24) is 5.34 Å². The topological polar surface area (TPSA) is 39.4 Å². The molecular formula is C3F5N3. The van der Waals surface area contributed by atoms with Gasteiger partial charge in [0, 0.05) is 0 Å². The third-order valence-corrected chi connectivity index (χ3v) is 0.688. The monoisotopic (exact) mass is 173 g/mol. The van der Waals surface area contributed by atoms with Gasteiger partial charge in [0.2, 0.25) is 5.71 Å². The van der Waals surface area contributed by atoms with E-state index in [2.05, 4.69) is 0 Å². The molecule has 0 saturated heterocycles. The molecule has 0 aliphatic rings. The third kappa shape index (κ3) is 1.84. The summed E-state index contributed by atoms with van der Waals surface area (Å²) in [5, 5.41) is 6.23. The van der Waals surface area contributed by atoms with E-state index in [-0.39, 0.29) is 0 Å². The van der Waals surface area contributed by atoms with Crippen molar-refractivity contribution in [3.63, 3.8) is 0 Å². The summed E-state index contributed by atoms with van der Waals surface area (Å²) in [7, 11) is 0. The molecule has 0 N–H and O–H groups in total. The minimum Gasteiger partial charge on any atom is -0.191 e. The van der Waals surface area contributed by atoms with Gasteiger partial charge in [-0.15, -0.1) is 0 Å². The van der Waals surface area contributed by atoms with E-state index in [1.807, 2.05) is 0 Å². The lowest BCUT2D eigenvalue weighted by atomic mass is 10.4. The Balaban J connectivity index is 4.70. The maximum absolute atomic E-state index is 11.8. The predicted octanol–water partition coefficient (Wildman–Crippen LogP) is 1.50. The second kappa shape index (κ2) is 3.25. The summed E-state index contributed by atoms with van der Waals surface area (Å²) >= 11 is 0. The Morgan fingerprint density at radius 1 is 1.45 bits per heavy atom. The van der Waals surface area contributed by atoms with Gasteiger partial charge in [0.1, 0.15) is 6.07 Å². The summed E-state index contributed by atoms with van der Waals surface area (Å²) < 4.78 is 56.9. The molecule has 8 heteroatoms.